The van der Waals surface area contributed by atoms with Gasteiger partial charge in [-0.3, -0.25) is 24.5 Å². The van der Waals surface area contributed by atoms with Gasteiger partial charge in [-0.1, -0.05) is 6.92 Å². The van der Waals surface area contributed by atoms with Crippen molar-refractivity contribution in [3.8, 4) is 0 Å². The second kappa shape index (κ2) is 23.5. The van der Waals surface area contributed by atoms with Crippen molar-refractivity contribution in [2.45, 2.75) is 71.5 Å². The van der Waals surface area contributed by atoms with Gasteiger partial charge in [0.05, 0.1) is 38.6 Å². The number of aliphatic hydroxyl groups excluding tert-OH is 1. The fourth-order valence-corrected chi connectivity index (χ4v) is 2.95. The van der Waals surface area contributed by atoms with Crippen LogP contribution in [-0.2, 0) is 42.9 Å². The average molecular weight is 565 g/mol. The van der Waals surface area contributed by atoms with Crippen LogP contribution in [0.15, 0.2) is 0 Å². The van der Waals surface area contributed by atoms with Gasteiger partial charge in [0.15, 0.2) is 6.29 Å². The summed E-state index contributed by atoms with van der Waals surface area (Å²) in [4.78, 5) is 45.9. The maximum absolute atomic E-state index is 12.1. The Morgan fingerprint density at radius 2 is 1.54 bits per heavy atom. The van der Waals surface area contributed by atoms with E-state index in [1.165, 1.54) is 0 Å². The van der Waals surface area contributed by atoms with Crippen molar-refractivity contribution in [3.05, 3.63) is 0 Å². The van der Waals surface area contributed by atoms with Crippen molar-refractivity contribution in [3.63, 3.8) is 0 Å². The fraction of sp³-hybridized carbons (Fsp3) is 0.840. The quantitative estimate of drug-likeness (QED) is 0.0404. The number of ether oxygens (including phenoxy) is 5. The molecule has 39 heavy (non-hydrogen) atoms. The van der Waals surface area contributed by atoms with E-state index in [1.807, 2.05) is 27.7 Å². The van der Waals surface area contributed by atoms with Crippen molar-refractivity contribution < 1.29 is 48.0 Å². The molecular weight excluding hydrogens is 516 g/mol. The first-order valence-corrected chi connectivity index (χ1v) is 13.3. The smallest absolute Gasteiger partial charge is 0.305 e. The zero-order valence-corrected chi connectivity index (χ0v) is 23.8. The molecule has 0 aliphatic carbocycles. The van der Waals surface area contributed by atoms with Gasteiger partial charge in [0.1, 0.15) is 12.8 Å². The van der Waals surface area contributed by atoms with Gasteiger partial charge in [-0.05, 0) is 33.7 Å². The van der Waals surface area contributed by atoms with Gasteiger partial charge in [0, 0.05) is 38.9 Å². The number of rotatable bonds is 25. The lowest BCUT2D eigenvalue weighted by atomic mass is 10.2. The Morgan fingerprint density at radius 1 is 0.897 bits per heavy atom. The predicted molar refractivity (Wildman–Crippen MR) is 141 cm³/mol. The number of hydrogen-bond acceptors (Lipinski definition) is 11. The topological polar surface area (TPSA) is 183 Å². The molecular formula is C25H48N4O10. The Hall–Kier alpha value is -2.36. The van der Waals surface area contributed by atoms with Gasteiger partial charge in [-0.2, -0.15) is 0 Å². The second-order valence-corrected chi connectivity index (χ2v) is 9.31. The molecule has 0 fully saturated rings. The lowest BCUT2D eigenvalue weighted by Gasteiger charge is -2.30. The maximum atomic E-state index is 12.1. The molecule has 3 amide bonds. The van der Waals surface area contributed by atoms with Crippen LogP contribution in [0, 0.1) is 0 Å². The molecule has 0 aliphatic rings. The Bertz CT molecular complexity index is 676. The van der Waals surface area contributed by atoms with Crippen LogP contribution in [0.1, 0.15) is 53.4 Å². The number of carbonyl (C=O) groups is 4. The summed E-state index contributed by atoms with van der Waals surface area (Å²) in [6, 6.07) is 0. The normalized spacial score (nSPS) is 12.8. The molecule has 2 unspecified atom stereocenters. The molecule has 0 rings (SSSR count). The molecule has 0 heterocycles. The summed E-state index contributed by atoms with van der Waals surface area (Å²) in [6.45, 7) is 9.87. The van der Waals surface area contributed by atoms with Crippen LogP contribution < -0.4 is 21.3 Å². The number of amides is 3. The molecule has 0 spiro atoms. The van der Waals surface area contributed by atoms with Crippen molar-refractivity contribution >= 4 is 24.2 Å². The Kier molecular flexibility index (Phi) is 22.1. The average Bonchev–Trinajstić information content (AvgIpc) is 2.87. The van der Waals surface area contributed by atoms with Crippen LogP contribution in [0.4, 0.5) is 0 Å². The van der Waals surface area contributed by atoms with Crippen LogP contribution in [-0.4, -0.2) is 113 Å². The molecule has 0 bridgehead atoms. The number of nitrogens with one attached hydrogen (secondary N) is 4. The Balaban J connectivity index is 3.93. The van der Waals surface area contributed by atoms with Gasteiger partial charge >= 0.3 is 5.97 Å². The number of hydrogen-bond donors (Lipinski definition) is 5. The van der Waals surface area contributed by atoms with E-state index >= 15 is 0 Å². The highest BCUT2D eigenvalue weighted by atomic mass is 16.7. The number of likely N-dealkylation sites (N-methyl/N-ethyl adjacent to an activating group) is 1. The van der Waals surface area contributed by atoms with Gasteiger partial charge in [0.25, 0.3) is 0 Å². The minimum Gasteiger partial charge on any atom is -0.460 e. The van der Waals surface area contributed by atoms with Gasteiger partial charge < -0.3 is 44.7 Å². The molecule has 14 heteroatoms. The molecule has 14 nitrogen and oxygen atoms in total. The SMILES string of the molecule is CCNC(CO)OC(COC(=O)CCCC(=O)NCCNC(=O)CCOCCOCCNC=O)OC(C)(C)C. The second-order valence-electron chi connectivity index (χ2n) is 9.31. The van der Waals surface area contributed by atoms with Gasteiger partial charge in [-0.15, -0.1) is 0 Å². The molecule has 0 aromatic heterocycles. The van der Waals surface area contributed by atoms with Crippen LogP contribution >= 0.6 is 0 Å². The molecule has 0 saturated carbocycles. The lowest BCUT2D eigenvalue weighted by Crippen LogP contribution is -2.43. The minimum atomic E-state index is -0.869. The zero-order chi connectivity index (χ0) is 29.4. The first-order chi connectivity index (χ1) is 18.6. The monoisotopic (exact) mass is 564 g/mol. The van der Waals surface area contributed by atoms with Crippen LogP contribution in [0.5, 0.6) is 0 Å². The first-order valence-electron chi connectivity index (χ1n) is 13.3. The van der Waals surface area contributed by atoms with Crippen LogP contribution in [0.25, 0.3) is 0 Å². The predicted octanol–water partition coefficient (Wildman–Crippen LogP) is -0.813. The van der Waals surface area contributed by atoms with E-state index in [9.17, 15) is 24.3 Å². The fourth-order valence-electron chi connectivity index (χ4n) is 2.95. The maximum Gasteiger partial charge on any atom is 0.305 e. The summed E-state index contributed by atoms with van der Waals surface area (Å²) in [5.41, 5.74) is -0.554. The van der Waals surface area contributed by atoms with Gasteiger partial charge in [-0.25, -0.2) is 0 Å². The highest BCUT2D eigenvalue weighted by molar-refractivity contribution is 5.77. The van der Waals surface area contributed by atoms with E-state index in [0.717, 1.165) is 0 Å². The summed E-state index contributed by atoms with van der Waals surface area (Å²) in [5.74, 6) is -0.928. The van der Waals surface area contributed by atoms with Crippen LogP contribution in [0.2, 0.25) is 0 Å². The molecule has 0 aromatic carbocycles. The first kappa shape index (κ1) is 36.6. The molecule has 2 atom stereocenters. The summed E-state index contributed by atoms with van der Waals surface area (Å²) in [6.07, 6.45) is -0.258. The molecule has 0 radical (unpaired) electrons. The largest absolute Gasteiger partial charge is 0.460 e. The minimum absolute atomic E-state index is 0.0453. The van der Waals surface area contributed by atoms with Crippen molar-refractivity contribution in [2.75, 3.05) is 65.8 Å². The standard InChI is InChI=1S/C25H48N4O10/c1-5-27-22(17-30)38-24(39-25(2,3)4)18-37-23(34)8-6-7-20(32)28-10-11-29-21(33)9-13-35-15-16-36-14-12-26-19-31/h19,22,24,27,30H,5-18H2,1-4H3,(H,26,31)(H,28,32)(H,29,33). The highest BCUT2D eigenvalue weighted by Gasteiger charge is 2.24. The number of aliphatic hydroxyl groups is 1. The van der Waals surface area contributed by atoms with E-state index < -0.39 is 24.1 Å². The third kappa shape index (κ3) is 24.4. The van der Waals surface area contributed by atoms with Gasteiger partial charge in [0.2, 0.25) is 18.2 Å². The van der Waals surface area contributed by atoms with Crippen molar-refractivity contribution in [2.24, 2.45) is 0 Å². The van der Waals surface area contributed by atoms with Crippen LogP contribution in [0.3, 0.4) is 0 Å². The summed E-state index contributed by atoms with van der Waals surface area (Å²) in [5, 5.41) is 20.2. The van der Waals surface area contributed by atoms with E-state index in [1.54, 1.807) is 0 Å². The summed E-state index contributed by atoms with van der Waals surface area (Å²) >= 11 is 0. The summed E-state index contributed by atoms with van der Waals surface area (Å²) < 4.78 is 27.2. The molecule has 0 aromatic rings. The van der Waals surface area contributed by atoms with E-state index in [-0.39, 0.29) is 64.0 Å². The number of carbonyl (C=O) groups excluding carboxylic acids is 4. The molecule has 228 valence electrons. The molecule has 0 aliphatic heterocycles. The molecule has 5 N–H and O–H groups in total. The third-order valence-corrected chi connectivity index (χ3v) is 4.65. The van der Waals surface area contributed by atoms with E-state index in [2.05, 4.69) is 21.3 Å². The lowest BCUT2D eigenvalue weighted by molar-refractivity contribution is -0.242. The van der Waals surface area contributed by atoms with Crippen molar-refractivity contribution in [1.82, 2.24) is 21.3 Å². The number of esters is 1. The Morgan fingerprint density at radius 3 is 2.13 bits per heavy atom. The summed E-state index contributed by atoms with van der Waals surface area (Å²) in [7, 11) is 0. The van der Waals surface area contributed by atoms with E-state index in [4.69, 9.17) is 23.7 Å². The van der Waals surface area contributed by atoms with E-state index in [0.29, 0.717) is 45.7 Å². The zero-order valence-electron chi connectivity index (χ0n) is 23.8. The third-order valence-electron chi connectivity index (χ3n) is 4.65. The molecule has 0 saturated heterocycles. The highest BCUT2D eigenvalue weighted by Crippen LogP contribution is 2.14. The Labute approximate surface area is 231 Å². The van der Waals surface area contributed by atoms with Crippen molar-refractivity contribution in [1.29, 1.82) is 0 Å².